The second-order valence-electron chi connectivity index (χ2n) is 40.3. The molecule has 0 unspecified atom stereocenters. The highest BCUT2D eigenvalue weighted by atomic mass is 19.1. The number of aromatic nitrogens is 8. The Morgan fingerprint density at radius 3 is 0.892 bits per heavy atom. The zero-order valence-corrected chi connectivity index (χ0v) is 84.9. The standard InChI is InChI=1S/C29H38F2N4O.C29H39FN4O.2C28H37FN4O/c1-5-12-35-27-9-6-22(18-33-13-10-21(4)11-14-33)15-26(27)32-28(35)19-34(17-20(2)3)29(36)24-16-23(30)7-8-25(24)31;1-5-13-34-27-10-9-23(19-32-14-11-22(4)12-15-32)16-26(27)31-28(34)20-33(18-21(2)3)29(35)24-7-6-8-25(30)17-24;1-4-13-32(28(34)23-7-6-8-24(29)18-23)20-27-30-25-17-22(9-10-26(25)33(27)14-5-2)19-31-15-11-21(3)12-16-31;1-3-14-32(28(34)23-10-9-11-24(29)19-23)21-27-30-25-18-22(12-13-26(25)33(27)15-4-2)20-31-16-7-5-6-8-17-31/h6-9,15-16,20-21H,5,10-14,17-19H2,1-4H3;6-10,16-17,21-22H,5,11-15,18-20H2,1-4H3;6-10,17-18,21H,4-5,11-16,19-20H2,1-3H3;9-13,18-19H,3-8,14-17,20-21H2,1-2H3. The van der Waals surface area contributed by atoms with Gasteiger partial charge in [0.1, 0.15) is 52.4 Å². The first-order chi connectivity index (χ1) is 67.1. The number of halogens is 5. The predicted molar refractivity (Wildman–Crippen MR) is 550 cm³/mol. The molecule has 8 aromatic carbocycles. The van der Waals surface area contributed by atoms with Gasteiger partial charge in [0, 0.05) is 95.2 Å². The Morgan fingerprint density at radius 2 is 0.604 bits per heavy atom. The molecule has 4 aliphatic rings. The van der Waals surface area contributed by atoms with Crippen LogP contribution < -0.4 is 0 Å². The second kappa shape index (κ2) is 51.4. The van der Waals surface area contributed by atoms with Gasteiger partial charge in [0.2, 0.25) is 0 Å². The summed E-state index contributed by atoms with van der Waals surface area (Å²) in [5, 5.41) is 0. The van der Waals surface area contributed by atoms with E-state index in [2.05, 4.69) is 187 Å². The number of carbonyl (C=O) groups is 4. The lowest BCUT2D eigenvalue weighted by Gasteiger charge is -2.30. The van der Waals surface area contributed by atoms with Crippen molar-refractivity contribution in [1.82, 2.24) is 77.4 Å². The molecule has 0 N–H and O–H groups in total. The molecule has 8 heterocycles. The Balaban J connectivity index is 0.000000156. The van der Waals surface area contributed by atoms with E-state index in [0.717, 1.165) is 234 Å². The molecule has 20 nitrogen and oxygen atoms in total. The summed E-state index contributed by atoms with van der Waals surface area (Å²) in [5.74, 6) is 2.82. The van der Waals surface area contributed by atoms with Crippen LogP contribution in [0.5, 0.6) is 0 Å². The van der Waals surface area contributed by atoms with Crippen molar-refractivity contribution in [2.75, 3.05) is 78.5 Å². The topological polar surface area (TPSA) is 165 Å². The van der Waals surface area contributed by atoms with Crippen molar-refractivity contribution < 1.29 is 41.1 Å². The third-order valence-corrected chi connectivity index (χ3v) is 27.3. The number of aryl methyl sites for hydroxylation is 4. The Labute approximate surface area is 821 Å². The molecule has 0 saturated carbocycles. The van der Waals surface area contributed by atoms with Crippen molar-refractivity contribution in [2.24, 2.45) is 29.6 Å². The van der Waals surface area contributed by atoms with Gasteiger partial charge in [0.15, 0.2) is 0 Å². The zero-order chi connectivity index (χ0) is 98.8. The van der Waals surface area contributed by atoms with Gasteiger partial charge in [0.05, 0.1) is 75.9 Å². The van der Waals surface area contributed by atoms with Gasteiger partial charge in [-0.2, -0.15) is 0 Å². The summed E-state index contributed by atoms with van der Waals surface area (Å²) in [6.07, 6.45) is 18.3. The number of amides is 4. The van der Waals surface area contributed by atoms with Crippen LogP contribution in [-0.2, 0) is 78.5 Å². The number of benzene rings is 8. The number of imidazole rings is 4. The molecule has 139 heavy (non-hydrogen) atoms. The van der Waals surface area contributed by atoms with Crippen molar-refractivity contribution in [2.45, 2.75) is 271 Å². The molecule has 0 spiro atoms. The number of carbonyl (C=O) groups excluding carboxylic acids is 4. The van der Waals surface area contributed by atoms with Gasteiger partial charge < -0.3 is 37.9 Å². The predicted octanol–water partition coefficient (Wildman–Crippen LogP) is 24.3. The molecule has 4 saturated heterocycles. The summed E-state index contributed by atoms with van der Waals surface area (Å²) < 4.78 is 78.5. The quantitative estimate of drug-likeness (QED) is 0.0342. The van der Waals surface area contributed by atoms with E-state index in [-0.39, 0.29) is 41.7 Å². The molecule has 746 valence electrons. The second-order valence-corrected chi connectivity index (χ2v) is 40.3. The van der Waals surface area contributed by atoms with Crippen LogP contribution in [0.15, 0.2) is 164 Å². The maximum atomic E-state index is 14.4. The number of piperidine rings is 3. The highest BCUT2D eigenvalue weighted by molar-refractivity contribution is 5.96. The molecule has 0 radical (unpaired) electrons. The van der Waals surface area contributed by atoms with Gasteiger partial charge in [0.25, 0.3) is 23.6 Å². The molecule has 4 aliphatic heterocycles. The lowest BCUT2D eigenvalue weighted by atomic mass is 9.99. The number of hydrogen-bond donors (Lipinski definition) is 0. The van der Waals surface area contributed by atoms with Crippen molar-refractivity contribution in [1.29, 1.82) is 0 Å². The summed E-state index contributed by atoms with van der Waals surface area (Å²) in [4.78, 5) is 90.1. The third-order valence-electron chi connectivity index (χ3n) is 27.3. The smallest absolute Gasteiger partial charge is 0.257 e. The van der Waals surface area contributed by atoms with Crippen molar-refractivity contribution in [3.05, 3.63) is 261 Å². The van der Waals surface area contributed by atoms with Crippen molar-refractivity contribution >= 4 is 67.8 Å². The van der Waals surface area contributed by atoms with Crippen LogP contribution in [0.2, 0.25) is 0 Å². The number of hydrogen-bond acceptors (Lipinski definition) is 12. The lowest BCUT2D eigenvalue weighted by Crippen LogP contribution is -2.35. The van der Waals surface area contributed by atoms with E-state index >= 15 is 0 Å². The molecular weight excluding hydrogens is 1750 g/mol. The molecule has 12 aromatic rings. The van der Waals surface area contributed by atoms with E-state index in [1.807, 2.05) is 18.7 Å². The average molecular weight is 1900 g/mol. The summed E-state index contributed by atoms with van der Waals surface area (Å²) >= 11 is 0. The Kier molecular flexibility index (Phi) is 39.0. The zero-order valence-electron chi connectivity index (χ0n) is 84.9. The highest BCUT2D eigenvalue weighted by Gasteiger charge is 2.30. The fourth-order valence-electron chi connectivity index (χ4n) is 19.9. The fourth-order valence-corrected chi connectivity index (χ4v) is 19.9. The first-order valence-corrected chi connectivity index (χ1v) is 51.9. The van der Waals surface area contributed by atoms with E-state index in [1.165, 1.54) is 136 Å². The largest absolute Gasteiger partial charge is 0.331 e. The van der Waals surface area contributed by atoms with Gasteiger partial charge in [-0.05, 0) is 315 Å². The van der Waals surface area contributed by atoms with Gasteiger partial charge in [-0.15, -0.1) is 0 Å². The molecular formula is C114H151F5N16O4. The first-order valence-electron chi connectivity index (χ1n) is 51.9. The molecule has 16 rings (SSSR count). The summed E-state index contributed by atoms with van der Waals surface area (Å²) in [5.41, 5.74) is 14.3. The molecule has 0 aliphatic carbocycles. The molecule has 4 amide bonds. The maximum absolute atomic E-state index is 14.4. The SMILES string of the molecule is CCCN(Cc1nc2cc(CN3CCC(C)CC3)ccc2n1CCC)C(=O)c1cccc(F)c1.CCCN(Cc1nc2cc(CN3CCCCCC3)ccc2n1CCC)C(=O)c1cccc(F)c1.CCCn1c(CN(CC(C)C)C(=O)c2cc(F)ccc2F)nc2cc(CN3CCC(C)CC3)ccc21.CCCn1c(CN(CC(C)C)C(=O)c2cccc(F)c2)nc2cc(CN3CCC(C)CC3)ccc21. The number of fused-ring (bicyclic) bond motifs is 4. The monoisotopic (exact) mass is 1900 g/mol. The minimum atomic E-state index is -0.714. The average Bonchev–Trinajstić information content (AvgIpc) is 1.66. The summed E-state index contributed by atoms with van der Waals surface area (Å²) in [6.45, 7) is 47.9. The first kappa shape index (κ1) is 105. The van der Waals surface area contributed by atoms with Crippen LogP contribution in [-0.4, -0.2) is 180 Å². The normalized spacial score (nSPS) is 15.1. The van der Waals surface area contributed by atoms with Gasteiger partial charge >= 0.3 is 0 Å². The van der Waals surface area contributed by atoms with Gasteiger partial charge in [-0.1, -0.05) is 145 Å². The Morgan fingerprint density at radius 1 is 0.324 bits per heavy atom. The van der Waals surface area contributed by atoms with Crippen LogP contribution in [0.3, 0.4) is 0 Å². The van der Waals surface area contributed by atoms with Crippen molar-refractivity contribution in [3.63, 3.8) is 0 Å². The van der Waals surface area contributed by atoms with E-state index in [1.54, 1.807) is 51.1 Å². The van der Waals surface area contributed by atoms with E-state index in [0.29, 0.717) is 62.5 Å². The number of likely N-dealkylation sites (tertiary alicyclic amines) is 4. The third kappa shape index (κ3) is 29.1. The number of nitrogens with zero attached hydrogens (tertiary/aromatic N) is 16. The van der Waals surface area contributed by atoms with E-state index in [4.69, 9.17) is 19.9 Å². The van der Waals surface area contributed by atoms with Crippen LogP contribution >= 0.6 is 0 Å². The van der Waals surface area contributed by atoms with Gasteiger partial charge in [-0.25, -0.2) is 41.9 Å². The van der Waals surface area contributed by atoms with E-state index in [9.17, 15) is 41.1 Å². The highest BCUT2D eigenvalue weighted by Crippen LogP contribution is 2.32. The Bertz CT molecular complexity index is 6010. The van der Waals surface area contributed by atoms with E-state index < -0.39 is 35.0 Å². The number of rotatable bonds is 36. The molecule has 4 aromatic heterocycles. The minimum absolute atomic E-state index is 0.154. The fraction of sp³-hybridized carbons (Fsp3) is 0.509. The molecule has 0 bridgehead atoms. The van der Waals surface area contributed by atoms with Crippen molar-refractivity contribution in [3.8, 4) is 0 Å². The Hall–Kier alpha value is -11.0. The maximum Gasteiger partial charge on any atom is 0.257 e. The molecule has 25 heteroatoms. The molecule has 0 atom stereocenters. The van der Waals surface area contributed by atoms with Gasteiger partial charge in [-0.3, -0.25) is 38.8 Å². The van der Waals surface area contributed by atoms with Crippen LogP contribution in [0.25, 0.3) is 44.1 Å². The summed E-state index contributed by atoms with van der Waals surface area (Å²) in [7, 11) is 0. The van der Waals surface area contributed by atoms with Crippen LogP contribution in [0, 0.1) is 58.7 Å². The molecule has 4 fully saturated rings. The lowest BCUT2D eigenvalue weighted by molar-refractivity contribution is 0.0706. The van der Waals surface area contributed by atoms with Crippen LogP contribution in [0.1, 0.15) is 280 Å². The minimum Gasteiger partial charge on any atom is -0.331 e. The van der Waals surface area contributed by atoms with Crippen LogP contribution in [0.4, 0.5) is 22.0 Å². The summed E-state index contributed by atoms with van der Waals surface area (Å²) in [6, 6.07) is 47.2.